The highest BCUT2D eigenvalue weighted by Gasteiger charge is 2.17. The Labute approximate surface area is 153 Å². The van der Waals surface area contributed by atoms with Gasteiger partial charge in [0, 0.05) is 18.8 Å². The Bertz CT molecular complexity index is 516. The van der Waals surface area contributed by atoms with Crippen molar-refractivity contribution in [2.24, 2.45) is 10.7 Å². The summed E-state index contributed by atoms with van der Waals surface area (Å²) in [7, 11) is 3.64. The van der Waals surface area contributed by atoms with E-state index in [9.17, 15) is 0 Å². The summed E-state index contributed by atoms with van der Waals surface area (Å²) in [5, 5.41) is 3.52. The summed E-state index contributed by atoms with van der Waals surface area (Å²) in [6.07, 6.45) is 0.0866. The number of morpholine rings is 1. The fourth-order valence-electron chi connectivity index (χ4n) is 2.11. The van der Waals surface area contributed by atoms with E-state index in [1.165, 1.54) is 0 Å². The Morgan fingerprint density at radius 3 is 3.00 bits per heavy atom. The van der Waals surface area contributed by atoms with Crippen LogP contribution in [-0.2, 0) is 4.74 Å². The summed E-state index contributed by atoms with van der Waals surface area (Å²) in [6.45, 7) is 3.09. The first-order valence-corrected chi connectivity index (χ1v) is 7.17. The maximum Gasteiger partial charge on any atom is 0.193 e. The van der Waals surface area contributed by atoms with Crippen molar-refractivity contribution in [3.05, 3.63) is 23.2 Å². The van der Waals surface area contributed by atoms with Crippen LogP contribution in [0.2, 0.25) is 5.02 Å². The van der Waals surface area contributed by atoms with Crippen molar-refractivity contribution >= 4 is 47.2 Å². The van der Waals surface area contributed by atoms with Crippen molar-refractivity contribution in [1.82, 2.24) is 4.90 Å². The number of hydrogen-bond donors (Lipinski definition) is 2. The molecule has 22 heavy (non-hydrogen) atoms. The van der Waals surface area contributed by atoms with Crippen LogP contribution in [0, 0.1) is 0 Å². The Balaban J connectivity index is 0.00000242. The van der Waals surface area contributed by atoms with E-state index in [4.69, 9.17) is 26.8 Å². The molecule has 0 bridgehead atoms. The minimum Gasteiger partial charge on any atom is -0.495 e. The minimum absolute atomic E-state index is 0. The molecule has 1 aliphatic rings. The topological polar surface area (TPSA) is 72.1 Å². The van der Waals surface area contributed by atoms with Crippen molar-refractivity contribution < 1.29 is 9.47 Å². The number of halogens is 2. The number of ether oxygens (including phenoxy) is 2. The molecule has 1 aromatic rings. The zero-order valence-corrected chi connectivity index (χ0v) is 15.8. The van der Waals surface area contributed by atoms with E-state index in [1.807, 2.05) is 6.07 Å². The van der Waals surface area contributed by atoms with E-state index >= 15 is 0 Å². The lowest BCUT2D eigenvalue weighted by atomic mass is 10.3. The van der Waals surface area contributed by atoms with Gasteiger partial charge >= 0.3 is 0 Å². The normalized spacial score (nSPS) is 19.4. The number of methoxy groups -OCH3 is 1. The molecule has 0 aliphatic carbocycles. The number of nitrogens with one attached hydrogen (secondary N) is 1. The lowest BCUT2D eigenvalue weighted by Gasteiger charge is -2.29. The average molecular weight is 441 g/mol. The van der Waals surface area contributed by atoms with Crippen molar-refractivity contribution in [2.45, 2.75) is 6.10 Å². The maximum atomic E-state index is 6.06. The van der Waals surface area contributed by atoms with Gasteiger partial charge in [-0.15, -0.1) is 24.0 Å². The van der Waals surface area contributed by atoms with Gasteiger partial charge in [-0.25, -0.2) is 0 Å². The molecule has 0 saturated carbocycles. The molecule has 1 fully saturated rings. The summed E-state index contributed by atoms with van der Waals surface area (Å²) in [4.78, 5) is 6.53. The maximum absolute atomic E-state index is 6.06. The second kappa shape index (κ2) is 9.39. The van der Waals surface area contributed by atoms with Crippen LogP contribution >= 0.6 is 35.6 Å². The Kier molecular flexibility index (Phi) is 8.23. The van der Waals surface area contributed by atoms with Gasteiger partial charge in [-0.1, -0.05) is 11.6 Å². The number of aliphatic imine (C=N–C) groups is 1. The van der Waals surface area contributed by atoms with Gasteiger partial charge in [-0.05, 0) is 25.2 Å². The van der Waals surface area contributed by atoms with E-state index in [-0.39, 0.29) is 30.1 Å². The molecule has 1 unspecified atom stereocenters. The second-order valence-corrected chi connectivity index (χ2v) is 5.36. The third-order valence-corrected chi connectivity index (χ3v) is 3.53. The highest BCUT2D eigenvalue weighted by molar-refractivity contribution is 14.0. The summed E-state index contributed by atoms with van der Waals surface area (Å²) in [5.41, 5.74) is 6.64. The molecule has 1 atom stereocenters. The third kappa shape index (κ3) is 5.79. The summed E-state index contributed by atoms with van der Waals surface area (Å²) in [6, 6.07) is 5.35. The molecule has 1 heterocycles. The van der Waals surface area contributed by atoms with Gasteiger partial charge in [0.15, 0.2) is 5.96 Å². The highest BCUT2D eigenvalue weighted by Crippen LogP contribution is 2.26. The number of nitrogens with zero attached hydrogens (tertiary/aromatic N) is 2. The molecule has 3 N–H and O–H groups in total. The molecule has 1 aliphatic heterocycles. The smallest absolute Gasteiger partial charge is 0.193 e. The van der Waals surface area contributed by atoms with E-state index in [1.54, 1.807) is 19.2 Å². The minimum atomic E-state index is 0. The van der Waals surface area contributed by atoms with Gasteiger partial charge in [-0.3, -0.25) is 4.99 Å². The van der Waals surface area contributed by atoms with Crippen LogP contribution in [0.1, 0.15) is 0 Å². The zero-order chi connectivity index (χ0) is 15.2. The average Bonchev–Trinajstić information content (AvgIpc) is 2.45. The number of guanidine groups is 1. The predicted octanol–water partition coefficient (Wildman–Crippen LogP) is 2.02. The molecule has 0 aromatic heterocycles. The molecular weight excluding hydrogens is 419 g/mol. The number of anilines is 1. The number of nitrogens with two attached hydrogens (primary N) is 1. The molecule has 0 amide bonds. The lowest BCUT2D eigenvalue weighted by molar-refractivity contribution is -0.0136. The molecule has 2 rings (SSSR count). The van der Waals surface area contributed by atoms with Crippen molar-refractivity contribution in [2.75, 3.05) is 45.7 Å². The van der Waals surface area contributed by atoms with Crippen LogP contribution in [0.5, 0.6) is 5.75 Å². The molecule has 124 valence electrons. The van der Waals surface area contributed by atoms with E-state index in [2.05, 4.69) is 22.3 Å². The Hall–Kier alpha value is -0.770. The number of benzene rings is 1. The van der Waals surface area contributed by atoms with Gasteiger partial charge in [0.25, 0.3) is 0 Å². The summed E-state index contributed by atoms with van der Waals surface area (Å²) >= 11 is 6.06. The molecule has 6 nitrogen and oxygen atoms in total. The van der Waals surface area contributed by atoms with E-state index < -0.39 is 0 Å². The van der Waals surface area contributed by atoms with Gasteiger partial charge in [0.1, 0.15) is 5.75 Å². The fourth-order valence-corrected chi connectivity index (χ4v) is 2.37. The van der Waals surface area contributed by atoms with Crippen molar-refractivity contribution in [1.29, 1.82) is 0 Å². The molecule has 8 heteroatoms. The van der Waals surface area contributed by atoms with Crippen LogP contribution in [0.4, 0.5) is 5.69 Å². The van der Waals surface area contributed by atoms with Crippen LogP contribution < -0.4 is 15.8 Å². The van der Waals surface area contributed by atoms with Gasteiger partial charge in [0.2, 0.25) is 0 Å². The van der Waals surface area contributed by atoms with Gasteiger partial charge in [-0.2, -0.15) is 0 Å². The summed E-state index contributed by atoms with van der Waals surface area (Å²) in [5.74, 6) is 0.962. The van der Waals surface area contributed by atoms with Crippen LogP contribution in [-0.4, -0.2) is 57.4 Å². The number of likely N-dealkylation sites (N-methyl/N-ethyl adjacent to an activating group) is 1. The summed E-state index contributed by atoms with van der Waals surface area (Å²) < 4.78 is 10.7. The van der Waals surface area contributed by atoms with E-state index in [0.717, 1.165) is 25.4 Å². The predicted molar refractivity (Wildman–Crippen MR) is 101 cm³/mol. The standard InChI is InChI=1S/C14H21ClN4O2.HI/c1-19-5-6-21-11(9-19)8-17-14(16)18-10-3-4-13(20-2)12(15)7-10;/h3-4,7,11H,5-6,8-9H2,1-2H3,(H3,16,17,18);1H. The molecule has 1 aromatic carbocycles. The Morgan fingerprint density at radius 1 is 1.59 bits per heavy atom. The van der Waals surface area contributed by atoms with Crippen molar-refractivity contribution in [3.63, 3.8) is 0 Å². The first-order chi connectivity index (χ1) is 10.1. The van der Waals surface area contributed by atoms with Crippen LogP contribution in [0.3, 0.4) is 0 Å². The first kappa shape index (κ1) is 19.3. The SMILES string of the molecule is COc1ccc(NC(N)=NCC2CN(C)CCO2)cc1Cl.I. The monoisotopic (exact) mass is 440 g/mol. The lowest BCUT2D eigenvalue weighted by Crippen LogP contribution is -2.41. The van der Waals surface area contributed by atoms with Gasteiger partial charge in [0.05, 0.1) is 31.4 Å². The molecular formula is C14H22ClIN4O2. The fraction of sp³-hybridized carbons (Fsp3) is 0.500. The molecule has 0 spiro atoms. The second-order valence-electron chi connectivity index (χ2n) is 4.96. The van der Waals surface area contributed by atoms with E-state index in [0.29, 0.717) is 23.3 Å². The zero-order valence-electron chi connectivity index (χ0n) is 12.7. The first-order valence-electron chi connectivity index (χ1n) is 6.79. The third-order valence-electron chi connectivity index (χ3n) is 3.23. The highest BCUT2D eigenvalue weighted by atomic mass is 127. The van der Waals surface area contributed by atoms with Crippen LogP contribution in [0.25, 0.3) is 0 Å². The molecule has 1 saturated heterocycles. The Morgan fingerprint density at radius 2 is 2.36 bits per heavy atom. The number of hydrogen-bond acceptors (Lipinski definition) is 4. The molecule has 0 radical (unpaired) electrons. The number of rotatable bonds is 4. The van der Waals surface area contributed by atoms with Crippen LogP contribution in [0.15, 0.2) is 23.2 Å². The quantitative estimate of drug-likeness (QED) is 0.426. The van der Waals surface area contributed by atoms with Crippen molar-refractivity contribution in [3.8, 4) is 5.75 Å². The largest absolute Gasteiger partial charge is 0.495 e. The van der Waals surface area contributed by atoms with Gasteiger partial charge < -0.3 is 25.4 Å².